The van der Waals surface area contributed by atoms with Gasteiger partial charge in [-0.1, -0.05) is 64.7 Å². The van der Waals surface area contributed by atoms with Gasteiger partial charge in [-0.2, -0.15) is 0 Å². The van der Waals surface area contributed by atoms with Crippen molar-refractivity contribution in [3.05, 3.63) is 6.92 Å². The van der Waals surface area contributed by atoms with Crippen molar-refractivity contribution < 1.29 is 4.79 Å². The van der Waals surface area contributed by atoms with Crippen LogP contribution in [0.3, 0.4) is 0 Å². The minimum absolute atomic E-state index is 0.202. The first-order chi connectivity index (χ1) is 7.81. The van der Waals surface area contributed by atoms with Gasteiger partial charge in [-0.05, 0) is 6.42 Å². The van der Waals surface area contributed by atoms with Crippen LogP contribution in [0.15, 0.2) is 0 Å². The highest BCUT2D eigenvalue weighted by molar-refractivity contribution is 5.80. The summed E-state index contributed by atoms with van der Waals surface area (Å²) >= 11 is 0. The molecule has 0 aromatic heterocycles. The van der Waals surface area contributed by atoms with E-state index in [-0.39, 0.29) is 12.3 Å². The summed E-state index contributed by atoms with van der Waals surface area (Å²) in [7, 11) is 0. The Balaban J connectivity index is 2.96. The maximum Gasteiger partial charge on any atom is 0.146 e. The molecular weight excluding hydrogens is 198 g/mol. The van der Waals surface area contributed by atoms with Gasteiger partial charge in [-0.25, -0.2) is 0 Å². The molecule has 0 unspecified atom stereocenters. The smallest absolute Gasteiger partial charge is 0.146 e. The van der Waals surface area contributed by atoms with Crippen LogP contribution in [-0.4, -0.2) is 12.3 Å². The number of hydrogen-bond acceptors (Lipinski definition) is 2. The van der Waals surface area contributed by atoms with E-state index in [0.29, 0.717) is 6.42 Å². The van der Waals surface area contributed by atoms with Crippen LogP contribution in [0.1, 0.15) is 70.6 Å². The summed E-state index contributed by atoms with van der Waals surface area (Å²) in [4.78, 5) is 10.9. The predicted octanol–water partition coefficient (Wildman–Crippen LogP) is 3.64. The number of carbonyl (C=O) groups excluding carboxylic acids is 1. The fraction of sp³-hybridized carbons (Fsp3) is 0.857. The second kappa shape index (κ2) is 12.7. The van der Waals surface area contributed by atoms with Crippen molar-refractivity contribution >= 4 is 5.78 Å². The first kappa shape index (κ1) is 15.6. The lowest BCUT2D eigenvalue weighted by Crippen LogP contribution is -2.12. The van der Waals surface area contributed by atoms with Crippen LogP contribution in [0.25, 0.3) is 0 Å². The minimum atomic E-state index is 0.202. The fourth-order valence-electron chi connectivity index (χ4n) is 1.84. The van der Waals surface area contributed by atoms with Crippen LogP contribution in [-0.2, 0) is 4.79 Å². The van der Waals surface area contributed by atoms with Crippen molar-refractivity contribution in [2.75, 3.05) is 6.54 Å². The van der Waals surface area contributed by atoms with E-state index in [0.717, 1.165) is 12.8 Å². The standard InChI is InChI=1S/C14H28NO/c1-2-3-4-5-6-7-8-9-10-11-12-14(16)13-15/h1-13,15H2. The lowest BCUT2D eigenvalue weighted by atomic mass is 10.1. The van der Waals surface area contributed by atoms with Crippen molar-refractivity contribution in [2.45, 2.75) is 70.6 Å². The van der Waals surface area contributed by atoms with Gasteiger partial charge in [-0.15, -0.1) is 0 Å². The molecule has 0 atom stereocenters. The second-order valence-corrected chi connectivity index (χ2v) is 4.53. The van der Waals surface area contributed by atoms with E-state index in [2.05, 4.69) is 6.92 Å². The predicted molar refractivity (Wildman–Crippen MR) is 70.2 cm³/mol. The molecule has 0 aliphatic rings. The molecule has 0 heterocycles. The fourth-order valence-corrected chi connectivity index (χ4v) is 1.84. The molecule has 95 valence electrons. The minimum Gasteiger partial charge on any atom is -0.324 e. The molecule has 0 fully saturated rings. The van der Waals surface area contributed by atoms with Gasteiger partial charge in [-0.3, -0.25) is 4.79 Å². The number of ketones is 1. The molecule has 16 heavy (non-hydrogen) atoms. The Morgan fingerprint density at radius 3 is 1.69 bits per heavy atom. The van der Waals surface area contributed by atoms with Gasteiger partial charge >= 0.3 is 0 Å². The van der Waals surface area contributed by atoms with Gasteiger partial charge in [0.2, 0.25) is 0 Å². The molecule has 1 radical (unpaired) electrons. The molecule has 2 N–H and O–H groups in total. The summed E-state index contributed by atoms with van der Waals surface area (Å²) < 4.78 is 0. The molecule has 0 rings (SSSR count). The number of unbranched alkanes of at least 4 members (excludes halogenated alkanes) is 9. The maximum absolute atomic E-state index is 10.9. The van der Waals surface area contributed by atoms with E-state index in [1.807, 2.05) is 0 Å². The second-order valence-electron chi connectivity index (χ2n) is 4.53. The van der Waals surface area contributed by atoms with Crippen molar-refractivity contribution in [1.29, 1.82) is 0 Å². The molecule has 2 nitrogen and oxygen atoms in total. The lowest BCUT2D eigenvalue weighted by molar-refractivity contribution is -0.117. The number of carbonyl (C=O) groups is 1. The summed E-state index contributed by atoms with van der Waals surface area (Å²) in [6, 6.07) is 0. The zero-order valence-corrected chi connectivity index (χ0v) is 10.7. The van der Waals surface area contributed by atoms with Crippen molar-refractivity contribution in [3.63, 3.8) is 0 Å². The SMILES string of the molecule is [CH2]CCCCCCCCCCCC(=O)CN. The third-order valence-corrected chi connectivity index (χ3v) is 2.93. The Hall–Kier alpha value is -0.370. The Bertz CT molecular complexity index is 157. The molecule has 0 amide bonds. The highest BCUT2D eigenvalue weighted by atomic mass is 16.1. The Kier molecular flexibility index (Phi) is 12.4. The van der Waals surface area contributed by atoms with Crippen molar-refractivity contribution in [3.8, 4) is 0 Å². The van der Waals surface area contributed by atoms with Crippen LogP contribution in [0.4, 0.5) is 0 Å². The number of Topliss-reactive ketones (excluding diaryl/α,β-unsaturated/α-hetero) is 1. The maximum atomic E-state index is 10.9. The van der Waals surface area contributed by atoms with Crippen molar-refractivity contribution in [1.82, 2.24) is 0 Å². The molecule has 0 saturated heterocycles. The first-order valence-corrected chi connectivity index (χ1v) is 6.82. The topological polar surface area (TPSA) is 43.1 Å². The normalized spacial score (nSPS) is 10.6. The largest absolute Gasteiger partial charge is 0.324 e. The van der Waals surface area contributed by atoms with E-state index >= 15 is 0 Å². The summed E-state index contributed by atoms with van der Waals surface area (Å²) in [5, 5.41) is 0. The van der Waals surface area contributed by atoms with Gasteiger partial charge in [0.1, 0.15) is 5.78 Å². The van der Waals surface area contributed by atoms with E-state index < -0.39 is 0 Å². The van der Waals surface area contributed by atoms with E-state index in [9.17, 15) is 4.79 Å². The zero-order chi connectivity index (χ0) is 12.1. The molecule has 2 heteroatoms. The summed E-state index contributed by atoms with van der Waals surface area (Å²) in [6.45, 7) is 4.05. The van der Waals surface area contributed by atoms with E-state index in [1.165, 1.54) is 51.4 Å². The molecule has 0 aromatic rings. The van der Waals surface area contributed by atoms with Gasteiger partial charge in [0.05, 0.1) is 6.54 Å². The Morgan fingerprint density at radius 2 is 1.25 bits per heavy atom. The third-order valence-electron chi connectivity index (χ3n) is 2.93. The quantitative estimate of drug-likeness (QED) is 0.516. The molecular formula is C14H28NO. The number of nitrogens with two attached hydrogens (primary N) is 1. The number of hydrogen-bond donors (Lipinski definition) is 1. The highest BCUT2D eigenvalue weighted by Gasteiger charge is 1.97. The van der Waals surface area contributed by atoms with Gasteiger partial charge in [0.15, 0.2) is 0 Å². The molecule has 0 aliphatic heterocycles. The van der Waals surface area contributed by atoms with Crippen LogP contribution in [0.5, 0.6) is 0 Å². The monoisotopic (exact) mass is 226 g/mol. The van der Waals surface area contributed by atoms with Gasteiger partial charge < -0.3 is 5.73 Å². The number of rotatable bonds is 12. The molecule has 0 bridgehead atoms. The van der Waals surface area contributed by atoms with Crippen LogP contribution < -0.4 is 5.73 Å². The Morgan fingerprint density at radius 1 is 0.812 bits per heavy atom. The van der Waals surface area contributed by atoms with Gasteiger partial charge in [0, 0.05) is 6.42 Å². The average molecular weight is 226 g/mol. The summed E-state index contributed by atoms with van der Waals surface area (Å²) in [5.74, 6) is 0.202. The average Bonchev–Trinajstić information content (AvgIpc) is 2.31. The van der Waals surface area contributed by atoms with Crippen LogP contribution in [0, 0.1) is 6.92 Å². The van der Waals surface area contributed by atoms with E-state index in [4.69, 9.17) is 5.73 Å². The molecule has 0 spiro atoms. The van der Waals surface area contributed by atoms with Crippen LogP contribution in [0.2, 0.25) is 0 Å². The van der Waals surface area contributed by atoms with Gasteiger partial charge in [0.25, 0.3) is 0 Å². The highest BCUT2D eigenvalue weighted by Crippen LogP contribution is 2.11. The first-order valence-electron chi connectivity index (χ1n) is 6.82. The molecule has 0 saturated carbocycles. The summed E-state index contributed by atoms with van der Waals surface area (Å²) in [5.41, 5.74) is 5.24. The van der Waals surface area contributed by atoms with Crippen molar-refractivity contribution in [2.24, 2.45) is 5.73 Å². The third kappa shape index (κ3) is 11.7. The Labute approximate surface area is 101 Å². The lowest BCUT2D eigenvalue weighted by Gasteiger charge is -2.01. The summed E-state index contributed by atoms with van der Waals surface area (Å²) in [6.07, 6.45) is 13.3. The molecule has 0 aromatic carbocycles. The zero-order valence-electron chi connectivity index (χ0n) is 10.7. The van der Waals surface area contributed by atoms with Crippen LogP contribution >= 0.6 is 0 Å². The molecule has 0 aliphatic carbocycles. The van der Waals surface area contributed by atoms with E-state index in [1.54, 1.807) is 0 Å².